The van der Waals surface area contributed by atoms with E-state index in [1.54, 1.807) is 18.2 Å². The van der Waals surface area contributed by atoms with Gasteiger partial charge in [0.25, 0.3) is 6.47 Å². The molecule has 0 spiro atoms. The Morgan fingerprint density at radius 3 is 2.05 bits per heavy atom. The molecule has 3 rings (SSSR count). The summed E-state index contributed by atoms with van der Waals surface area (Å²) in [5.74, 6) is 0.239. The Labute approximate surface area is 215 Å². The first-order valence-electron chi connectivity index (χ1n) is 11.7. The van der Waals surface area contributed by atoms with Crippen LogP contribution in [0.5, 0.6) is 11.5 Å². The van der Waals surface area contributed by atoms with Crippen LogP contribution in [0.4, 0.5) is 0 Å². The van der Waals surface area contributed by atoms with Crippen molar-refractivity contribution in [2.45, 2.75) is 12.8 Å². The van der Waals surface area contributed by atoms with Gasteiger partial charge in [0.1, 0.15) is 11.5 Å². The molecule has 0 radical (unpaired) electrons. The van der Waals surface area contributed by atoms with E-state index in [1.807, 2.05) is 60.7 Å². The minimum atomic E-state index is -0.481. The molecule has 0 aliphatic heterocycles. The Hall–Kier alpha value is -4.65. The maximum absolute atomic E-state index is 12.2. The van der Waals surface area contributed by atoms with Gasteiger partial charge in [0.15, 0.2) is 0 Å². The Morgan fingerprint density at radius 1 is 0.757 bits per heavy atom. The SMILES string of the molecule is C=CC(=O)OCCc1ccc(OC(=O)/C=C/c2ccc(-c3ccc(OCCCOC=O)cc3)cc2)cc1. The zero-order valence-electron chi connectivity index (χ0n) is 20.3. The summed E-state index contributed by atoms with van der Waals surface area (Å²) >= 11 is 0. The minimum Gasteiger partial charge on any atom is -0.493 e. The standard InChI is InChI=1S/C30H28O7/c1-2-29(32)36-21-18-24-6-13-28(14-7-24)37-30(33)17-8-23-4-9-25(10-5-23)26-11-15-27(16-12-26)35-20-3-19-34-22-31/h2,4-17,22H,1,3,18-21H2/b17-8+. The Morgan fingerprint density at radius 2 is 1.41 bits per heavy atom. The first kappa shape index (κ1) is 26.9. The second kappa shape index (κ2) is 14.7. The molecule has 0 saturated heterocycles. The molecule has 0 unspecified atom stereocenters. The highest BCUT2D eigenvalue weighted by Gasteiger charge is 2.03. The van der Waals surface area contributed by atoms with Gasteiger partial charge in [-0.2, -0.15) is 0 Å². The van der Waals surface area contributed by atoms with Gasteiger partial charge in [0.2, 0.25) is 0 Å². The first-order chi connectivity index (χ1) is 18.1. The molecule has 0 saturated carbocycles. The van der Waals surface area contributed by atoms with Gasteiger partial charge >= 0.3 is 11.9 Å². The smallest absolute Gasteiger partial charge is 0.336 e. The Balaban J connectivity index is 1.46. The van der Waals surface area contributed by atoms with Gasteiger partial charge in [-0.1, -0.05) is 55.1 Å². The number of hydrogen-bond acceptors (Lipinski definition) is 7. The summed E-state index contributed by atoms with van der Waals surface area (Å²) in [7, 11) is 0. The van der Waals surface area contributed by atoms with Crippen LogP contribution in [-0.4, -0.2) is 38.2 Å². The molecule has 0 aromatic heterocycles. The van der Waals surface area contributed by atoms with Crippen molar-refractivity contribution in [1.29, 1.82) is 0 Å². The number of esters is 2. The van der Waals surface area contributed by atoms with Crippen molar-refractivity contribution < 1.29 is 33.3 Å². The maximum Gasteiger partial charge on any atom is 0.336 e. The fraction of sp³-hybridized carbons (Fsp3) is 0.167. The van der Waals surface area contributed by atoms with Crippen LogP contribution in [0.15, 0.2) is 91.5 Å². The van der Waals surface area contributed by atoms with E-state index < -0.39 is 11.9 Å². The lowest BCUT2D eigenvalue weighted by Crippen LogP contribution is -2.05. The highest BCUT2D eigenvalue weighted by molar-refractivity contribution is 5.88. The summed E-state index contributed by atoms with van der Waals surface area (Å²) in [5.41, 5.74) is 3.89. The Bertz CT molecular complexity index is 1190. The molecule has 0 N–H and O–H groups in total. The minimum absolute atomic E-state index is 0.256. The van der Waals surface area contributed by atoms with E-state index >= 15 is 0 Å². The second-order valence-corrected chi connectivity index (χ2v) is 7.84. The lowest BCUT2D eigenvalue weighted by Gasteiger charge is -2.07. The molecular weight excluding hydrogens is 472 g/mol. The van der Waals surface area contributed by atoms with Crippen LogP contribution in [0.3, 0.4) is 0 Å². The highest BCUT2D eigenvalue weighted by Crippen LogP contribution is 2.23. The monoisotopic (exact) mass is 500 g/mol. The van der Waals surface area contributed by atoms with Crippen LogP contribution in [0.2, 0.25) is 0 Å². The van der Waals surface area contributed by atoms with Gasteiger partial charge in [-0.25, -0.2) is 9.59 Å². The average Bonchev–Trinajstić information content (AvgIpc) is 2.93. The third kappa shape index (κ3) is 9.49. The quantitative estimate of drug-likeness (QED) is 0.0990. The summed E-state index contributed by atoms with van der Waals surface area (Å²) in [6.07, 6.45) is 5.38. The molecule has 0 amide bonds. The third-order valence-electron chi connectivity index (χ3n) is 5.20. The van der Waals surface area contributed by atoms with Crippen LogP contribution in [-0.2, 0) is 30.3 Å². The summed E-state index contributed by atoms with van der Waals surface area (Å²) in [4.78, 5) is 33.4. The van der Waals surface area contributed by atoms with E-state index in [4.69, 9.17) is 14.2 Å². The van der Waals surface area contributed by atoms with Crippen molar-refractivity contribution >= 4 is 24.5 Å². The van der Waals surface area contributed by atoms with E-state index in [0.717, 1.165) is 34.1 Å². The molecule has 3 aromatic carbocycles. The molecule has 37 heavy (non-hydrogen) atoms. The zero-order chi connectivity index (χ0) is 26.3. The van der Waals surface area contributed by atoms with Crippen molar-refractivity contribution in [1.82, 2.24) is 0 Å². The molecule has 0 atom stereocenters. The van der Waals surface area contributed by atoms with Gasteiger partial charge < -0.3 is 18.9 Å². The predicted octanol–water partition coefficient (Wildman–Crippen LogP) is 5.19. The van der Waals surface area contributed by atoms with Crippen LogP contribution in [0.1, 0.15) is 17.5 Å². The van der Waals surface area contributed by atoms with E-state index in [2.05, 4.69) is 11.3 Å². The van der Waals surface area contributed by atoms with Crippen molar-refractivity contribution in [3.63, 3.8) is 0 Å². The van der Waals surface area contributed by atoms with Gasteiger partial charge in [-0.3, -0.25) is 4.79 Å². The normalized spacial score (nSPS) is 10.5. The van der Waals surface area contributed by atoms with Gasteiger partial charge in [0, 0.05) is 25.0 Å². The summed E-state index contributed by atoms with van der Waals surface area (Å²) < 4.78 is 20.6. The molecule has 3 aromatic rings. The fourth-order valence-corrected chi connectivity index (χ4v) is 3.28. The molecule has 190 valence electrons. The molecule has 7 heteroatoms. The fourth-order valence-electron chi connectivity index (χ4n) is 3.28. The lowest BCUT2D eigenvalue weighted by atomic mass is 10.0. The molecule has 0 aliphatic rings. The van der Waals surface area contributed by atoms with E-state index in [1.165, 1.54) is 6.08 Å². The molecule has 7 nitrogen and oxygen atoms in total. The number of carbonyl (C=O) groups excluding carboxylic acids is 3. The van der Waals surface area contributed by atoms with Crippen molar-refractivity contribution in [2.24, 2.45) is 0 Å². The average molecular weight is 501 g/mol. The highest BCUT2D eigenvalue weighted by atomic mass is 16.5. The summed E-state index contributed by atoms with van der Waals surface area (Å²) in [6.45, 7) is 4.84. The van der Waals surface area contributed by atoms with Crippen LogP contribution in [0, 0.1) is 0 Å². The summed E-state index contributed by atoms with van der Waals surface area (Å²) in [5, 5.41) is 0. The van der Waals surface area contributed by atoms with Crippen LogP contribution < -0.4 is 9.47 Å². The molecule has 0 fully saturated rings. The van der Waals surface area contributed by atoms with E-state index in [-0.39, 0.29) is 6.61 Å². The molecule has 0 heterocycles. The largest absolute Gasteiger partial charge is 0.493 e. The third-order valence-corrected chi connectivity index (χ3v) is 5.20. The van der Waals surface area contributed by atoms with Crippen LogP contribution in [0.25, 0.3) is 17.2 Å². The maximum atomic E-state index is 12.2. The van der Waals surface area contributed by atoms with E-state index in [0.29, 0.717) is 38.3 Å². The summed E-state index contributed by atoms with van der Waals surface area (Å²) in [6, 6.07) is 22.5. The number of benzene rings is 3. The second-order valence-electron chi connectivity index (χ2n) is 7.84. The number of carbonyl (C=O) groups is 3. The topological polar surface area (TPSA) is 88.1 Å². The first-order valence-corrected chi connectivity index (χ1v) is 11.7. The zero-order valence-corrected chi connectivity index (χ0v) is 20.3. The van der Waals surface area contributed by atoms with Crippen LogP contribution >= 0.6 is 0 Å². The van der Waals surface area contributed by atoms with Gasteiger partial charge in [0.05, 0.1) is 19.8 Å². The molecule has 0 aliphatic carbocycles. The molecule has 0 bridgehead atoms. The van der Waals surface area contributed by atoms with Crippen molar-refractivity contribution in [3.05, 3.63) is 103 Å². The number of ether oxygens (including phenoxy) is 4. The van der Waals surface area contributed by atoms with Gasteiger partial charge in [-0.15, -0.1) is 0 Å². The van der Waals surface area contributed by atoms with Gasteiger partial charge in [-0.05, 0) is 52.6 Å². The van der Waals surface area contributed by atoms with Crippen molar-refractivity contribution in [3.8, 4) is 22.6 Å². The number of rotatable bonds is 14. The number of hydrogen-bond donors (Lipinski definition) is 0. The Kier molecular flexibility index (Phi) is 10.7. The van der Waals surface area contributed by atoms with Crippen molar-refractivity contribution in [2.75, 3.05) is 19.8 Å². The predicted molar refractivity (Wildman–Crippen MR) is 140 cm³/mol. The lowest BCUT2D eigenvalue weighted by molar-refractivity contribution is -0.137. The molecular formula is C30H28O7. The van der Waals surface area contributed by atoms with E-state index in [9.17, 15) is 14.4 Å².